The molecule has 0 saturated carbocycles. The molecule has 0 saturated heterocycles. The van der Waals surface area contributed by atoms with E-state index in [1.54, 1.807) is 12.1 Å². The fourth-order valence-electron chi connectivity index (χ4n) is 5.17. The molecule has 0 bridgehead atoms. The second-order valence-electron chi connectivity index (χ2n) is 11.1. The molecule has 0 aliphatic carbocycles. The lowest BCUT2D eigenvalue weighted by atomic mass is 9.90. The van der Waals surface area contributed by atoms with E-state index in [1.165, 1.54) is 0 Å². The van der Waals surface area contributed by atoms with E-state index in [2.05, 4.69) is 38.5 Å². The van der Waals surface area contributed by atoms with E-state index in [-0.39, 0.29) is 23.3 Å². The minimum Gasteiger partial charge on any atom is -0.508 e. The molecule has 6 heteroatoms. The van der Waals surface area contributed by atoms with Gasteiger partial charge in [0.25, 0.3) is 0 Å². The topological polar surface area (TPSA) is 98.7 Å². The largest absolute Gasteiger partial charge is 0.508 e. The van der Waals surface area contributed by atoms with Crippen molar-refractivity contribution in [3.05, 3.63) is 58.7 Å². The second-order valence-corrected chi connectivity index (χ2v) is 11.1. The summed E-state index contributed by atoms with van der Waals surface area (Å²) in [4.78, 5) is 26.9. The number of phenols is 2. The van der Waals surface area contributed by atoms with Gasteiger partial charge in [-0.25, -0.2) is 0 Å². The number of unbranched alkanes of at least 4 members (excludes halogenated alkanes) is 6. The number of aryl methyl sites for hydroxylation is 2. The number of carbonyl (C=O) groups excluding carboxylic acids is 2. The highest BCUT2D eigenvalue weighted by Gasteiger charge is 2.25. The molecule has 2 aromatic rings. The van der Waals surface area contributed by atoms with Gasteiger partial charge in [0.1, 0.15) is 11.5 Å². The monoisotopic (exact) mass is 552 g/mol. The number of hydrazine groups is 1. The first-order valence-corrected chi connectivity index (χ1v) is 15.6. The Bertz CT molecular complexity index is 969. The molecule has 0 aliphatic heterocycles. The van der Waals surface area contributed by atoms with Crippen LogP contribution in [0.1, 0.15) is 139 Å². The quantitative estimate of drug-likeness (QED) is 0.111. The Morgan fingerprint density at radius 3 is 1.32 bits per heavy atom. The van der Waals surface area contributed by atoms with Crippen LogP contribution in [0.3, 0.4) is 0 Å². The van der Waals surface area contributed by atoms with Gasteiger partial charge in [0.2, 0.25) is 11.8 Å². The number of hydrogen-bond donors (Lipinski definition) is 4. The molecule has 0 spiro atoms. The van der Waals surface area contributed by atoms with E-state index in [1.807, 2.05) is 24.3 Å². The summed E-state index contributed by atoms with van der Waals surface area (Å²) in [5.74, 6) is -0.779. The van der Waals surface area contributed by atoms with Gasteiger partial charge in [-0.1, -0.05) is 103 Å². The van der Waals surface area contributed by atoms with E-state index >= 15 is 0 Å². The lowest BCUT2D eigenvalue weighted by Crippen LogP contribution is -2.46. The third-order valence-electron chi connectivity index (χ3n) is 7.75. The number of rotatable bonds is 18. The highest BCUT2D eigenvalue weighted by molar-refractivity contribution is 5.89. The van der Waals surface area contributed by atoms with Crippen molar-refractivity contribution in [1.82, 2.24) is 10.9 Å². The highest BCUT2D eigenvalue weighted by atomic mass is 16.3. The zero-order chi connectivity index (χ0) is 29.3. The maximum absolute atomic E-state index is 13.5. The normalized spacial score (nSPS) is 12.6. The summed E-state index contributed by atoms with van der Waals surface area (Å²) >= 11 is 0. The molecule has 2 unspecified atom stereocenters. The van der Waals surface area contributed by atoms with E-state index in [4.69, 9.17) is 0 Å². The SMILES string of the molecule is CCCCCC(C(=O)NNC(=O)C(CCCCC)c1ccc(O)c(CCCC)c1)c1ccc(O)c(CCCC)c1. The Balaban J connectivity index is 2.22. The van der Waals surface area contributed by atoms with Crippen molar-refractivity contribution in [2.45, 2.75) is 129 Å². The average molecular weight is 553 g/mol. The van der Waals surface area contributed by atoms with Crippen LogP contribution in [0.2, 0.25) is 0 Å². The summed E-state index contributed by atoms with van der Waals surface area (Å²) < 4.78 is 0. The smallest absolute Gasteiger partial charge is 0.245 e. The first kappa shape index (κ1) is 33.2. The van der Waals surface area contributed by atoms with Crippen molar-refractivity contribution >= 4 is 11.8 Å². The van der Waals surface area contributed by atoms with Crippen molar-refractivity contribution < 1.29 is 19.8 Å². The van der Waals surface area contributed by atoms with E-state index < -0.39 is 11.8 Å². The average Bonchev–Trinajstić information content (AvgIpc) is 2.95. The van der Waals surface area contributed by atoms with Crippen LogP contribution in [0.15, 0.2) is 36.4 Å². The van der Waals surface area contributed by atoms with Gasteiger partial charge >= 0.3 is 0 Å². The van der Waals surface area contributed by atoms with Crippen LogP contribution in [0.5, 0.6) is 11.5 Å². The molecular formula is C34H52N2O4. The van der Waals surface area contributed by atoms with Crippen molar-refractivity contribution in [2.75, 3.05) is 0 Å². The molecule has 0 heterocycles. The number of carbonyl (C=O) groups is 2. The molecule has 0 fully saturated rings. The fraction of sp³-hybridized carbons (Fsp3) is 0.588. The summed E-state index contributed by atoms with van der Waals surface area (Å²) in [5, 5.41) is 20.7. The van der Waals surface area contributed by atoms with Gasteiger partial charge in [-0.2, -0.15) is 0 Å². The molecule has 222 valence electrons. The maximum Gasteiger partial charge on any atom is 0.245 e. The van der Waals surface area contributed by atoms with Crippen LogP contribution in [-0.2, 0) is 22.4 Å². The molecular weight excluding hydrogens is 500 g/mol. The number of benzene rings is 2. The molecule has 0 aliphatic rings. The number of hydrogen-bond acceptors (Lipinski definition) is 4. The van der Waals surface area contributed by atoms with E-state index in [0.29, 0.717) is 12.8 Å². The van der Waals surface area contributed by atoms with Gasteiger partial charge < -0.3 is 10.2 Å². The van der Waals surface area contributed by atoms with Crippen LogP contribution in [0, 0.1) is 0 Å². The van der Waals surface area contributed by atoms with Gasteiger partial charge in [-0.15, -0.1) is 0 Å². The minimum absolute atomic E-state index is 0.238. The highest BCUT2D eigenvalue weighted by Crippen LogP contribution is 2.30. The summed E-state index contributed by atoms with van der Waals surface area (Å²) in [7, 11) is 0. The van der Waals surface area contributed by atoms with Gasteiger partial charge in [-0.05, 0) is 72.9 Å². The number of amides is 2. The Morgan fingerprint density at radius 2 is 0.975 bits per heavy atom. The van der Waals surface area contributed by atoms with Crippen LogP contribution in [0.25, 0.3) is 0 Å². The fourth-order valence-corrected chi connectivity index (χ4v) is 5.17. The molecule has 0 radical (unpaired) electrons. The summed E-state index contributed by atoms with van der Waals surface area (Å²) in [6, 6.07) is 10.9. The predicted octanol–water partition coefficient (Wildman–Crippen LogP) is 7.96. The second kappa shape index (κ2) is 18.4. The Morgan fingerprint density at radius 1 is 0.600 bits per heavy atom. The lowest BCUT2D eigenvalue weighted by molar-refractivity contribution is -0.130. The van der Waals surface area contributed by atoms with E-state index in [0.717, 1.165) is 99.3 Å². The van der Waals surface area contributed by atoms with E-state index in [9.17, 15) is 19.8 Å². The zero-order valence-electron chi connectivity index (χ0n) is 25.2. The number of phenolic OH excluding ortho intramolecular Hbond substituents is 2. The number of aromatic hydroxyl groups is 2. The van der Waals surface area contributed by atoms with Gasteiger partial charge in [0.05, 0.1) is 11.8 Å². The third-order valence-corrected chi connectivity index (χ3v) is 7.75. The summed E-state index contributed by atoms with van der Waals surface area (Å²) in [6.07, 6.45) is 12.8. The van der Waals surface area contributed by atoms with Gasteiger partial charge in [0, 0.05) is 0 Å². The molecule has 40 heavy (non-hydrogen) atoms. The van der Waals surface area contributed by atoms with Gasteiger partial charge in [-0.3, -0.25) is 20.4 Å². The van der Waals surface area contributed by atoms with Crippen molar-refractivity contribution in [1.29, 1.82) is 0 Å². The Kier molecular flexibility index (Phi) is 15.2. The summed E-state index contributed by atoms with van der Waals surface area (Å²) in [6.45, 7) is 8.50. The first-order chi connectivity index (χ1) is 19.4. The van der Waals surface area contributed by atoms with Crippen LogP contribution in [0.4, 0.5) is 0 Å². The van der Waals surface area contributed by atoms with Crippen molar-refractivity contribution in [3.8, 4) is 11.5 Å². The van der Waals surface area contributed by atoms with Crippen LogP contribution in [-0.4, -0.2) is 22.0 Å². The Labute approximate surface area is 241 Å². The molecule has 2 rings (SSSR count). The van der Waals surface area contributed by atoms with Crippen LogP contribution < -0.4 is 10.9 Å². The lowest BCUT2D eigenvalue weighted by Gasteiger charge is -2.22. The maximum atomic E-state index is 13.5. The standard InChI is InChI=1S/C34H52N2O4/c1-5-9-13-17-29(25-19-21-31(37)27(23-25)15-11-7-3)33(39)35-36-34(40)30(18-14-10-6-2)26-20-22-32(38)28(24-26)16-12-8-4/h19-24,29-30,37-38H,5-18H2,1-4H3,(H,35,39)(H,36,40). The van der Waals surface area contributed by atoms with Crippen molar-refractivity contribution in [2.24, 2.45) is 0 Å². The minimum atomic E-state index is -0.416. The first-order valence-electron chi connectivity index (χ1n) is 15.6. The number of nitrogens with one attached hydrogen (secondary N) is 2. The van der Waals surface area contributed by atoms with Crippen LogP contribution >= 0.6 is 0 Å². The molecule has 2 amide bonds. The predicted molar refractivity (Wildman–Crippen MR) is 163 cm³/mol. The molecule has 0 aromatic heterocycles. The molecule has 2 atom stereocenters. The molecule has 6 nitrogen and oxygen atoms in total. The Hall–Kier alpha value is -3.02. The molecule has 2 aromatic carbocycles. The molecule has 4 N–H and O–H groups in total. The van der Waals surface area contributed by atoms with Crippen molar-refractivity contribution in [3.63, 3.8) is 0 Å². The third kappa shape index (κ3) is 10.5. The summed E-state index contributed by atoms with van der Waals surface area (Å²) in [5.41, 5.74) is 8.92. The zero-order valence-corrected chi connectivity index (χ0v) is 25.2. The van der Waals surface area contributed by atoms with Gasteiger partial charge in [0.15, 0.2) is 0 Å².